The molecule has 0 aliphatic heterocycles. The second-order valence-electron chi connectivity index (χ2n) is 4.98. The zero-order valence-electron chi connectivity index (χ0n) is 12.7. The fraction of sp³-hybridized carbons (Fsp3) is 0.278. The first-order chi connectivity index (χ1) is 10.1. The largest absolute Gasteiger partial charge is 0.497 e. The molecule has 0 spiro atoms. The Morgan fingerprint density at radius 2 is 1.81 bits per heavy atom. The van der Waals surface area contributed by atoms with E-state index in [0.29, 0.717) is 6.61 Å². The quantitative estimate of drug-likeness (QED) is 0.756. The minimum atomic E-state index is 0.0721. The molecule has 0 aromatic heterocycles. The first kappa shape index (κ1) is 15.1. The van der Waals surface area contributed by atoms with E-state index in [9.17, 15) is 4.79 Å². The lowest BCUT2D eigenvalue weighted by molar-refractivity contribution is 0.101. The van der Waals surface area contributed by atoms with Crippen molar-refractivity contribution >= 4 is 5.78 Å². The number of benzene rings is 2. The van der Waals surface area contributed by atoms with Crippen molar-refractivity contribution in [1.82, 2.24) is 0 Å². The van der Waals surface area contributed by atoms with Gasteiger partial charge in [0.25, 0.3) is 0 Å². The lowest BCUT2D eigenvalue weighted by atomic mass is 10.1. The Hall–Kier alpha value is -2.29. The Balaban J connectivity index is 1.92. The lowest BCUT2D eigenvalue weighted by Gasteiger charge is -2.10. The van der Waals surface area contributed by atoms with Gasteiger partial charge >= 0.3 is 0 Å². The first-order valence-corrected chi connectivity index (χ1v) is 6.97. The van der Waals surface area contributed by atoms with E-state index in [1.54, 1.807) is 20.1 Å². The molecule has 2 aromatic rings. The Morgan fingerprint density at radius 3 is 2.38 bits per heavy atom. The summed E-state index contributed by atoms with van der Waals surface area (Å²) in [6, 6.07) is 13.5. The van der Waals surface area contributed by atoms with E-state index in [2.05, 4.69) is 0 Å². The third-order valence-corrected chi connectivity index (χ3v) is 3.39. The van der Waals surface area contributed by atoms with Crippen LogP contribution >= 0.6 is 0 Å². The summed E-state index contributed by atoms with van der Waals surface area (Å²) in [5.41, 5.74) is 2.90. The smallest absolute Gasteiger partial charge is 0.159 e. The van der Waals surface area contributed by atoms with Gasteiger partial charge in [0.1, 0.15) is 11.5 Å². The fourth-order valence-electron chi connectivity index (χ4n) is 2.10. The average Bonchev–Trinajstić information content (AvgIpc) is 2.49. The topological polar surface area (TPSA) is 35.5 Å². The SMILES string of the molecule is COc1ccc(CCOc2ccc(C(C)=O)cc2C)cc1. The number of Topliss-reactive ketones (excluding diaryl/α,β-unsaturated/α-hetero) is 1. The summed E-state index contributed by atoms with van der Waals surface area (Å²) in [5.74, 6) is 1.76. The standard InChI is InChI=1S/C18H20O3/c1-13-12-16(14(2)19)6-9-18(13)21-11-10-15-4-7-17(20-3)8-5-15/h4-9,12H,10-11H2,1-3H3. The van der Waals surface area contributed by atoms with E-state index in [-0.39, 0.29) is 5.78 Å². The highest BCUT2D eigenvalue weighted by Gasteiger charge is 2.04. The number of carbonyl (C=O) groups excluding carboxylic acids is 1. The second kappa shape index (κ2) is 6.93. The molecule has 0 saturated carbocycles. The third-order valence-electron chi connectivity index (χ3n) is 3.39. The van der Waals surface area contributed by atoms with Gasteiger partial charge in [0.05, 0.1) is 13.7 Å². The lowest BCUT2D eigenvalue weighted by Crippen LogP contribution is -2.03. The van der Waals surface area contributed by atoms with Crippen molar-refractivity contribution in [2.45, 2.75) is 20.3 Å². The number of methoxy groups -OCH3 is 1. The van der Waals surface area contributed by atoms with Gasteiger partial charge in [-0.25, -0.2) is 0 Å². The number of ketones is 1. The maximum absolute atomic E-state index is 11.3. The minimum Gasteiger partial charge on any atom is -0.497 e. The molecule has 0 aliphatic carbocycles. The zero-order chi connectivity index (χ0) is 15.2. The molecule has 2 aromatic carbocycles. The van der Waals surface area contributed by atoms with Gasteiger partial charge in [0.15, 0.2) is 5.78 Å². The molecule has 0 radical (unpaired) electrons. The predicted octanol–water partition coefficient (Wildman–Crippen LogP) is 3.83. The maximum Gasteiger partial charge on any atom is 0.159 e. The van der Waals surface area contributed by atoms with Gasteiger partial charge in [-0.3, -0.25) is 4.79 Å². The van der Waals surface area contributed by atoms with Gasteiger partial charge in [-0.2, -0.15) is 0 Å². The number of hydrogen-bond donors (Lipinski definition) is 0. The van der Waals surface area contributed by atoms with Crippen molar-refractivity contribution in [2.75, 3.05) is 13.7 Å². The number of rotatable bonds is 6. The summed E-state index contributed by atoms with van der Waals surface area (Å²) in [6.07, 6.45) is 0.831. The van der Waals surface area contributed by atoms with Crippen LogP contribution in [0, 0.1) is 6.92 Å². The van der Waals surface area contributed by atoms with Gasteiger partial charge < -0.3 is 9.47 Å². The molecule has 0 N–H and O–H groups in total. The van der Waals surface area contributed by atoms with Gasteiger partial charge in [-0.1, -0.05) is 12.1 Å². The van der Waals surface area contributed by atoms with Crippen LogP contribution in [0.5, 0.6) is 11.5 Å². The molecule has 3 nitrogen and oxygen atoms in total. The monoisotopic (exact) mass is 284 g/mol. The van der Waals surface area contributed by atoms with Crippen LogP contribution in [0.15, 0.2) is 42.5 Å². The summed E-state index contributed by atoms with van der Waals surface area (Å²) < 4.78 is 10.9. The molecular formula is C18H20O3. The molecule has 0 saturated heterocycles. The van der Waals surface area contributed by atoms with Gasteiger partial charge in [0, 0.05) is 12.0 Å². The van der Waals surface area contributed by atoms with Crippen LogP contribution in [-0.4, -0.2) is 19.5 Å². The van der Waals surface area contributed by atoms with Crippen LogP contribution in [0.25, 0.3) is 0 Å². The Bertz CT molecular complexity index is 615. The van der Waals surface area contributed by atoms with E-state index in [0.717, 1.165) is 29.0 Å². The van der Waals surface area contributed by atoms with Crippen molar-refractivity contribution in [3.8, 4) is 11.5 Å². The Labute approximate surface area is 125 Å². The molecule has 0 heterocycles. The van der Waals surface area contributed by atoms with Crippen molar-refractivity contribution in [3.63, 3.8) is 0 Å². The highest BCUT2D eigenvalue weighted by atomic mass is 16.5. The van der Waals surface area contributed by atoms with Gasteiger partial charge in [0.2, 0.25) is 0 Å². The molecule has 0 aliphatic rings. The highest BCUT2D eigenvalue weighted by molar-refractivity contribution is 5.94. The number of ether oxygens (including phenoxy) is 2. The van der Waals surface area contributed by atoms with Crippen molar-refractivity contribution < 1.29 is 14.3 Å². The van der Waals surface area contributed by atoms with E-state index >= 15 is 0 Å². The van der Waals surface area contributed by atoms with Crippen LogP contribution in [-0.2, 0) is 6.42 Å². The number of hydrogen-bond acceptors (Lipinski definition) is 3. The van der Waals surface area contributed by atoms with Crippen LogP contribution < -0.4 is 9.47 Å². The predicted molar refractivity (Wildman–Crippen MR) is 83.4 cm³/mol. The number of aryl methyl sites for hydroxylation is 1. The molecule has 2 rings (SSSR count). The molecule has 21 heavy (non-hydrogen) atoms. The van der Waals surface area contributed by atoms with E-state index in [1.807, 2.05) is 43.3 Å². The summed E-state index contributed by atoms with van der Waals surface area (Å²) in [6.45, 7) is 4.13. The first-order valence-electron chi connectivity index (χ1n) is 6.97. The van der Waals surface area contributed by atoms with Crippen LogP contribution in [0.3, 0.4) is 0 Å². The third kappa shape index (κ3) is 4.09. The molecule has 0 atom stereocenters. The van der Waals surface area contributed by atoms with E-state index < -0.39 is 0 Å². The molecule has 0 amide bonds. The Morgan fingerprint density at radius 1 is 1.10 bits per heavy atom. The van der Waals surface area contributed by atoms with Crippen LogP contribution in [0.4, 0.5) is 0 Å². The highest BCUT2D eigenvalue weighted by Crippen LogP contribution is 2.20. The molecule has 0 bridgehead atoms. The van der Waals surface area contributed by atoms with Crippen LogP contribution in [0.1, 0.15) is 28.4 Å². The summed E-state index contributed by atoms with van der Waals surface area (Å²) >= 11 is 0. The van der Waals surface area contributed by atoms with E-state index in [4.69, 9.17) is 9.47 Å². The molecule has 3 heteroatoms. The molecule has 110 valence electrons. The summed E-state index contributed by atoms with van der Waals surface area (Å²) in [5, 5.41) is 0. The molecular weight excluding hydrogens is 264 g/mol. The average molecular weight is 284 g/mol. The fourth-order valence-corrected chi connectivity index (χ4v) is 2.10. The summed E-state index contributed by atoms with van der Waals surface area (Å²) in [4.78, 5) is 11.3. The van der Waals surface area contributed by atoms with Crippen LogP contribution in [0.2, 0.25) is 0 Å². The van der Waals surface area contributed by atoms with Crippen molar-refractivity contribution in [1.29, 1.82) is 0 Å². The van der Waals surface area contributed by atoms with Gasteiger partial charge in [-0.05, 0) is 55.3 Å². The van der Waals surface area contributed by atoms with Crippen molar-refractivity contribution in [3.05, 3.63) is 59.2 Å². The maximum atomic E-state index is 11.3. The molecule has 0 fully saturated rings. The Kier molecular flexibility index (Phi) is 4.99. The van der Waals surface area contributed by atoms with Crippen molar-refractivity contribution in [2.24, 2.45) is 0 Å². The molecule has 0 unspecified atom stereocenters. The normalized spacial score (nSPS) is 10.2. The minimum absolute atomic E-state index is 0.0721. The zero-order valence-corrected chi connectivity index (χ0v) is 12.7. The second-order valence-corrected chi connectivity index (χ2v) is 4.98. The van der Waals surface area contributed by atoms with Gasteiger partial charge in [-0.15, -0.1) is 0 Å². The van der Waals surface area contributed by atoms with E-state index in [1.165, 1.54) is 5.56 Å². The summed E-state index contributed by atoms with van der Waals surface area (Å²) in [7, 11) is 1.66. The number of carbonyl (C=O) groups is 1.